The molecule has 1 unspecified atom stereocenters. The van der Waals surface area contributed by atoms with E-state index in [1.165, 1.54) is 12.8 Å². The van der Waals surface area contributed by atoms with Crippen LogP contribution in [0.25, 0.3) is 0 Å². The molecular weight excluding hydrogens is 317 g/mol. The molecule has 1 aromatic carbocycles. The summed E-state index contributed by atoms with van der Waals surface area (Å²) in [7, 11) is -0.565. The van der Waals surface area contributed by atoms with Gasteiger partial charge in [-0.15, -0.1) is 0 Å². The molecule has 5 nitrogen and oxygen atoms in total. The van der Waals surface area contributed by atoms with Crippen molar-refractivity contribution in [3.05, 3.63) is 29.8 Å². The van der Waals surface area contributed by atoms with Gasteiger partial charge in [0.05, 0.1) is 17.6 Å². The van der Waals surface area contributed by atoms with Crippen LogP contribution >= 0.6 is 0 Å². The Morgan fingerprint density at radius 3 is 2.28 bits per heavy atom. The van der Waals surface area contributed by atoms with Gasteiger partial charge in [-0.1, -0.05) is 18.2 Å². The highest BCUT2D eigenvalue weighted by Gasteiger charge is 2.54. The molecular formula is C19H28BNO4. The van der Waals surface area contributed by atoms with E-state index in [0.717, 1.165) is 24.3 Å². The number of carboxylic acid groups (broad SMARTS) is 1. The van der Waals surface area contributed by atoms with E-state index < -0.39 is 24.3 Å². The van der Waals surface area contributed by atoms with Crippen LogP contribution in [-0.4, -0.2) is 42.5 Å². The van der Waals surface area contributed by atoms with Crippen LogP contribution in [0.5, 0.6) is 0 Å². The predicted molar refractivity (Wildman–Crippen MR) is 99.0 cm³/mol. The molecule has 25 heavy (non-hydrogen) atoms. The molecule has 2 saturated heterocycles. The molecule has 1 N–H and O–H groups in total. The molecule has 0 amide bonds. The first kappa shape index (κ1) is 18.3. The van der Waals surface area contributed by atoms with Gasteiger partial charge in [-0.2, -0.15) is 0 Å². The second kappa shape index (κ2) is 6.65. The van der Waals surface area contributed by atoms with Crippen LogP contribution in [0.1, 0.15) is 58.3 Å². The molecule has 0 saturated carbocycles. The Morgan fingerprint density at radius 1 is 1.16 bits per heavy atom. The average molecular weight is 345 g/mol. The lowest BCUT2D eigenvalue weighted by molar-refractivity contribution is -0.137. The van der Waals surface area contributed by atoms with E-state index in [1.54, 1.807) is 0 Å². The summed E-state index contributed by atoms with van der Waals surface area (Å²) >= 11 is 0. The smallest absolute Gasteiger partial charge is 0.466 e. The maximum Gasteiger partial charge on any atom is 0.466 e. The summed E-state index contributed by atoms with van der Waals surface area (Å²) in [5, 5.41) is 9.50. The van der Waals surface area contributed by atoms with Crippen LogP contribution in [-0.2, 0) is 14.1 Å². The van der Waals surface area contributed by atoms with Crippen molar-refractivity contribution in [3.8, 4) is 0 Å². The lowest BCUT2D eigenvalue weighted by Gasteiger charge is -2.32. The topological polar surface area (TPSA) is 59.0 Å². The van der Waals surface area contributed by atoms with Gasteiger partial charge in [0.2, 0.25) is 0 Å². The number of anilines is 1. The molecule has 0 spiro atoms. The number of carboxylic acids is 1. The number of para-hydroxylation sites is 1. The Hall–Kier alpha value is -1.53. The van der Waals surface area contributed by atoms with Crippen LogP contribution in [0.3, 0.4) is 0 Å². The van der Waals surface area contributed by atoms with E-state index >= 15 is 0 Å². The summed E-state index contributed by atoms with van der Waals surface area (Å²) in [6.07, 6.45) is 2.34. The molecule has 0 bridgehead atoms. The fourth-order valence-electron chi connectivity index (χ4n) is 3.64. The third-order valence-corrected chi connectivity index (χ3v) is 5.78. The van der Waals surface area contributed by atoms with Crippen molar-refractivity contribution in [1.29, 1.82) is 0 Å². The maximum absolute atomic E-state index is 11.6. The second-order valence-corrected chi connectivity index (χ2v) is 8.08. The Bertz CT molecular complexity index is 624. The predicted octanol–water partition coefficient (Wildman–Crippen LogP) is 3.48. The number of hydrogen-bond acceptors (Lipinski definition) is 4. The first-order valence-electron chi connectivity index (χ1n) is 9.12. The molecule has 3 rings (SSSR count). The molecule has 0 aliphatic carbocycles. The van der Waals surface area contributed by atoms with Gasteiger partial charge in [-0.05, 0) is 52.2 Å². The third kappa shape index (κ3) is 3.56. The van der Waals surface area contributed by atoms with Crippen LogP contribution in [0.2, 0.25) is 0 Å². The van der Waals surface area contributed by atoms with Gasteiger partial charge in [0.25, 0.3) is 0 Å². The van der Waals surface area contributed by atoms with Crippen LogP contribution in [0.4, 0.5) is 5.69 Å². The van der Waals surface area contributed by atoms with Crippen LogP contribution < -0.4 is 4.90 Å². The zero-order valence-electron chi connectivity index (χ0n) is 15.6. The van der Waals surface area contributed by atoms with Gasteiger partial charge in [0.1, 0.15) is 0 Å². The second-order valence-electron chi connectivity index (χ2n) is 8.08. The van der Waals surface area contributed by atoms with Gasteiger partial charge in [0, 0.05) is 24.6 Å². The van der Waals surface area contributed by atoms with Gasteiger partial charge < -0.3 is 19.3 Å². The Morgan fingerprint density at radius 2 is 1.72 bits per heavy atom. The summed E-state index contributed by atoms with van der Waals surface area (Å²) in [5.74, 6) is -1.17. The molecule has 2 fully saturated rings. The largest absolute Gasteiger partial charge is 0.481 e. The minimum absolute atomic E-state index is 0.0122. The summed E-state index contributed by atoms with van der Waals surface area (Å²) in [4.78, 5) is 13.9. The molecule has 0 radical (unpaired) electrons. The van der Waals surface area contributed by atoms with Gasteiger partial charge in [-0.25, -0.2) is 0 Å². The highest BCUT2D eigenvalue weighted by atomic mass is 16.7. The van der Waals surface area contributed by atoms with Crippen LogP contribution in [0.15, 0.2) is 24.3 Å². The van der Waals surface area contributed by atoms with Crippen molar-refractivity contribution in [3.63, 3.8) is 0 Å². The number of benzene rings is 1. The molecule has 2 aliphatic heterocycles. The van der Waals surface area contributed by atoms with Crippen molar-refractivity contribution in [1.82, 2.24) is 0 Å². The van der Waals surface area contributed by atoms with Gasteiger partial charge in [0.15, 0.2) is 0 Å². The van der Waals surface area contributed by atoms with Crippen molar-refractivity contribution in [2.75, 3.05) is 18.0 Å². The van der Waals surface area contributed by atoms with E-state index in [4.69, 9.17) is 9.31 Å². The molecule has 136 valence electrons. The summed E-state index contributed by atoms with van der Waals surface area (Å²) in [6.45, 7) is 10.0. The van der Waals surface area contributed by atoms with Crippen molar-refractivity contribution in [2.45, 2.75) is 64.0 Å². The Labute approximate surface area is 150 Å². The maximum atomic E-state index is 11.6. The molecule has 2 heterocycles. The monoisotopic (exact) mass is 345 g/mol. The lowest BCUT2D eigenvalue weighted by Crippen LogP contribution is -2.41. The SMILES string of the molecule is CC1(C)OB(C(CC(=O)O)c2ccccc2N2CCCC2)OC1(C)C. The molecule has 1 atom stereocenters. The van der Waals surface area contributed by atoms with E-state index in [2.05, 4.69) is 11.0 Å². The summed E-state index contributed by atoms with van der Waals surface area (Å²) in [6, 6.07) is 8.08. The van der Waals surface area contributed by atoms with E-state index in [-0.39, 0.29) is 12.2 Å². The van der Waals surface area contributed by atoms with E-state index in [1.807, 2.05) is 45.9 Å². The van der Waals surface area contributed by atoms with Crippen LogP contribution in [0, 0.1) is 0 Å². The number of nitrogens with zero attached hydrogens (tertiary/aromatic N) is 1. The number of carbonyl (C=O) groups is 1. The molecule has 2 aliphatic rings. The molecule has 0 aromatic heterocycles. The Kier molecular flexibility index (Phi) is 4.86. The molecule has 6 heteroatoms. The fourth-order valence-corrected chi connectivity index (χ4v) is 3.64. The standard InChI is InChI=1S/C19H28BNO4/c1-18(2)19(3,4)25-20(24-18)15(13-17(22)23)14-9-5-6-10-16(14)21-11-7-8-12-21/h5-6,9-10,15H,7-8,11-13H2,1-4H3,(H,22,23). The normalized spacial score (nSPS) is 23.0. The van der Waals surface area contributed by atoms with Gasteiger partial charge >= 0.3 is 13.1 Å². The average Bonchev–Trinajstić information content (AvgIpc) is 3.11. The first-order valence-corrected chi connectivity index (χ1v) is 9.12. The lowest BCUT2D eigenvalue weighted by atomic mass is 9.65. The van der Waals surface area contributed by atoms with E-state index in [9.17, 15) is 9.90 Å². The number of aliphatic carboxylic acids is 1. The zero-order chi connectivity index (χ0) is 18.2. The van der Waals surface area contributed by atoms with Crippen molar-refractivity contribution >= 4 is 18.8 Å². The van der Waals surface area contributed by atoms with E-state index in [0.29, 0.717) is 0 Å². The molecule has 1 aromatic rings. The fraction of sp³-hybridized carbons (Fsp3) is 0.632. The quantitative estimate of drug-likeness (QED) is 0.828. The van der Waals surface area contributed by atoms with Crippen molar-refractivity contribution in [2.24, 2.45) is 0 Å². The highest BCUT2D eigenvalue weighted by Crippen LogP contribution is 2.43. The zero-order valence-corrected chi connectivity index (χ0v) is 15.6. The first-order chi connectivity index (χ1) is 11.7. The number of rotatable bonds is 5. The Balaban J connectivity index is 1.96. The minimum atomic E-state index is -0.837. The summed E-state index contributed by atoms with van der Waals surface area (Å²) < 4.78 is 12.4. The van der Waals surface area contributed by atoms with Crippen molar-refractivity contribution < 1.29 is 19.2 Å². The van der Waals surface area contributed by atoms with Gasteiger partial charge in [-0.3, -0.25) is 4.79 Å². The number of hydrogen-bond donors (Lipinski definition) is 1. The highest BCUT2D eigenvalue weighted by molar-refractivity contribution is 6.48. The summed E-state index contributed by atoms with van der Waals surface area (Å²) in [5.41, 5.74) is 1.17. The third-order valence-electron chi connectivity index (χ3n) is 5.78. The minimum Gasteiger partial charge on any atom is -0.481 e.